The van der Waals surface area contributed by atoms with Crippen molar-refractivity contribution in [1.29, 1.82) is 0 Å². The minimum atomic E-state index is -0.569. The summed E-state index contributed by atoms with van der Waals surface area (Å²) >= 11 is 1.66. The molecule has 2 nitrogen and oxygen atoms in total. The van der Waals surface area contributed by atoms with Gasteiger partial charge in [-0.15, -0.1) is 0 Å². The number of rotatable bonds is 1. The van der Waals surface area contributed by atoms with Crippen molar-refractivity contribution in [1.82, 2.24) is 0 Å². The fraction of sp³-hybridized carbons (Fsp3) is 0.500. The molecule has 16 heavy (non-hydrogen) atoms. The monoisotopic (exact) mass is 242 g/mol. The third-order valence-electron chi connectivity index (χ3n) is 2.89. The molecule has 2 rings (SSSR count). The van der Waals surface area contributed by atoms with E-state index in [2.05, 4.69) is 6.92 Å². The van der Waals surface area contributed by atoms with Crippen molar-refractivity contribution in [2.24, 2.45) is 0 Å². The van der Waals surface area contributed by atoms with Crippen LogP contribution in [0.3, 0.4) is 0 Å². The van der Waals surface area contributed by atoms with Crippen molar-refractivity contribution in [2.45, 2.75) is 30.5 Å². The molecule has 1 aliphatic heterocycles. The molecular weight excluding hydrogens is 227 g/mol. The number of hydrogen-bond acceptors (Lipinski definition) is 3. The number of halogens is 1. The van der Waals surface area contributed by atoms with E-state index in [1.165, 1.54) is 7.11 Å². The third kappa shape index (κ3) is 2.04. The van der Waals surface area contributed by atoms with Gasteiger partial charge in [-0.1, -0.05) is 13.0 Å². The number of ether oxygens (including phenoxy) is 1. The minimum Gasteiger partial charge on any atom is -0.494 e. The average molecular weight is 242 g/mol. The van der Waals surface area contributed by atoms with Crippen LogP contribution in [0, 0.1) is 5.82 Å². The summed E-state index contributed by atoms with van der Waals surface area (Å²) in [4.78, 5) is 0. The Hall–Kier alpha value is -0.740. The Labute approximate surface area is 98.8 Å². The highest BCUT2D eigenvalue weighted by atomic mass is 32.2. The zero-order chi connectivity index (χ0) is 11.7. The number of aliphatic hydroxyl groups is 1. The molecule has 0 bridgehead atoms. The van der Waals surface area contributed by atoms with Gasteiger partial charge in [-0.05, 0) is 18.1 Å². The first-order valence-electron chi connectivity index (χ1n) is 5.28. The fourth-order valence-corrected chi connectivity index (χ4v) is 3.03. The first-order chi connectivity index (χ1) is 7.63. The molecule has 2 unspecified atom stereocenters. The van der Waals surface area contributed by atoms with Gasteiger partial charge in [-0.25, -0.2) is 4.39 Å². The normalized spacial score (nSPS) is 24.8. The summed E-state index contributed by atoms with van der Waals surface area (Å²) in [6.45, 7) is 2.05. The minimum absolute atomic E-state index is 0.251. The smallest absolute Gasteiger partial charge is 0.169 e. The Kier molecular flexibility index (Phi) is 3.40. The zero-order valence-corrected chi connectivity index (χ0v) is 10.2. The van der Waals surface area contributed by atoms with Crippen molar-refractivity contribution in [2.75, 3.05) is 7.11 Å². The predicted octanol–water partition coefficient (Wildman–Crippen LogP) is 2.89. The number of thioether (sulfide) groups is 1. The van der Waals surface area contributed by atoms with Crippen molar-refractivity contribution in [3.05, 3.63) is 29.1 Å². The van der Waals surface area contributed by atoms with E-state index in [4.69, 9.17) is 4.74 Å². The van der Waals surface area contributed by atoms with E-state index < -0.39 is 6.10 Å². The van der Waals surface area contributed by atoms with Gasteiger partial charge in [0, 0.05) is 16.6 Å². The van der Waals surface area contributed by atoms with Crippen molar-refractivity contribution in [3.8, 4) is 5.75 Å². The Balaban J connectivity index is 2.47. The topological polar surface area (TPSA) is 29.5 Å². The summed E-state index contributed by atoms with van der Waals surface area (Å²) in [7, 11) is 1.45. The van der Waals surface area contributed by atoms with Crippen molar-refractivity contribution >= 4 is 11.8 Å². The van der Waals surface area contributed by atoms with E-state index in [0.29, 0.717) is 28.6 Å². The van der Waals surface area contributed by atoms with E-state index in [1.807, 2.05) is 0 Å². The van der Waals surface area contributed by atoms with E-state index in [0.717, 1.165) is 0 Å². The molecule has 0 aromatic heterocycles. The van der Waals surface area contributed by atoms with Crippen LogP contribution in [0.2, 0.25) is 0 Å². The van der Waals surface area contributed by atoms with Crippen LogP contribution in [0.4, 0.5) is 4.39 Å². The number of hydrogen-bond donors (Lipinski definition) is 1. The van der Waals surface area contributed by atoms with Crippen LogP contribution in [0.1, 0.15) is 30.6 Å². The fourth-order valence-electron chi connectivity index (χ4n) is 1.97. The summed E-state index contributed by atoms with van der Waals surface area (Å²) < 4.78 is 18.9. The highest BCUT2D eigenvalue weighted by Gasteiger charge is 2.24. The van der Waals surface area contributed by atoms with Crippen LogP contribution in [0.15, 0.2) is 12.1 Å². The van der Waals surface area contributed by atoms with E-state index >= 15 is 0 Å². The zero-order valence-electron chi connectivity index (χ0n) is 9.37. The summed E-state index contributed by atoms with van der Waals surface area (Å²) in [6, 6.07) is 3.35. The van der Waals surface area contributed by atoms with Crippen LogP contribution >= 0.6 is 11.8 Å². The number of fused-ring (bicyclic) bond motifs is 1. The van der Waals surface area contributed by atoms with Gasteiger partial charge in [-0.2, -0.15) is 11.8 Å². The first kappa shape index (κ1) is 11.7. The molecule has 0 aliphatic carbocycles. The lowest BCUT2D eigenvalue weighted by atomic mass is 9.99. The molecule has 1 aliphatic rings. The van der Waals surface area contributed by atoms with Gasteiger partial charge in [0.2, 0.25) is 0 Å². The molecule has 2 atom stereocenters. The van der Waals surface area contributed by atoms with Crippen LogP contribution in [0.25, 0.3) is 0 Å². The summed E-state index contributed by atoms with van der Waals surface area (Å²) in [5.74, 6) is 0.512. The summed E-state index contributed by atoms with van der Waals surface area (Å²) in [5, 5.41) is 10.3. The molecule has 0 saturated heterocycles. The molecule has 0 saturated carbocycles. The lowest BCUT2D eigenvalue weighted by Gasteiger charge is -2.14. The third-order valence-corrected chi connectivity index (χ3v) is 4.11. The Morgan fingerprint density at radius 2 is 2.25 bits per heavy atom. The highest BCUT2D eigenvalue weighted by Crippen LogP contribution is 2.38. The molecule has 1 N–H and O–H groups in total. The molecule has 1 heterocycles. The Bertz CT molecular complexity index is 395. The predicted molar refractivity (Wildman–Crippen MR) is 63.3 cm³/mol. The average Bonchev–Trinajstić information content (AvgIpc) is 2.40. The SMILES string of the molecule is COc1ccc2c(c1F)CSC(C)CC2O. The number of methoxy groups -OCH3 is 1. The van der Waals surface area contributed by atoms with Crippen LogP contribution in [0.5, 0.6) is 5.75 Å². The van der Waals surface area contributed by atoms with Crippen LogP contribution < -0.4 is 4.74 Å². The molecule has 0 radical (unpaired) electrons. The van der Waals surface area contributed by atoms with E-state index in [1.54, 1.807) is 23.9 Å². The molecule has 88 valence electrons. The largest absolute Gasteiger partial charge is 0.494 e. The number of benzene rings is 1. The molecular formula is C12H15FO2S. The van der Waals surface area contributed by atoms with Gasteiger partial charge in [0.15, 0.2) is 11.6 Å². The molecule has 4 heteroatoms. The molecule has 1 aromatic carbocycles. The second kappa shape index (κ2) is 4.63. The molecule has 0 spiro atoms. The molecule has 0 amide bonds. The van der Waals surface area contributed by atoms with Crippen molar-refractivity contribution in [3.63, 3.8) is 0 Å². The standard InChI is InChI=1S/C12H15FO2S/c1-7-5-10(14)8-3-4-11(15-2)12(13)9(8)6-16-7/h3-4,7,10,14H,5-6H2,1-2H3. The summed E-state index contributed by atoms with van der Waals surface area (Å²) in [5.41, 5.74) is 1.29. The second-order valence-electron chi connectivity index (χ2n) is 4.02. The van der Waals surface area contributed by atoms with Crippen molar-refractivity contribution < 1.29 is 14.2 Å². The van der Waals surface area contributed by atoms with Crippen LogP contribution in [-0.4, -0.2) is 17.5 Å². The van der Waals surface area contributed by atoms with Gasteiger partial charge in [0.1, 0.15) is 0 Å². The Morgan fingerprint density at radius 3 is 2.94 bits per heavy atom. The van der Waals surface area contributed by atoms with Gasteiger partial charge in [0.05, 0.1) is 13.2 Å². The Morgan fingerprint density at radius 1 is 1.50 bits per heavy atom. The maximum atomic E-state index is 14.0. The lowest BCUT2D eigenvalue weighted by molar-refractivity contribution is 0.167. The first-order valence-corrected chi connectivity index (χ1v) is 6.33. The van der Waals surface area contributed by atoms with Gasteiger partial charge >= 0.3 is 0 Å². The maximum absolute atomic E-state index is 14.0. The quantitative estimate of drug-likeness (QED) is 0.821. The van der Waals surface area contributed by atoms with E-state index in [9.17, 15) is 9.50 Å². The van der Waals surface area contributed by atoms with Gasteiger partial charge in [-0.3, -0.25) is 0 Å². The van der Waals surface area contributed by atoms with Gasteiger partial charge < -0.3 is 9.84 Å². The highest BCUT2D eigenvalue weighted by molar-refractivity contribution is 7.99. The van der Waals surface area contributed by atoms with Gasteiger partial charge in [0.25, 0.3) is 0 Å². The maximum Gasteiger partial charge on any atom is 0.169 e. The lowest BCUT2D eigenvalue weighted by Crippen LogP contribution is -2.05. The van der Waals surface area contributed by atoms with Crippen LogP contribution in [-0.2, 0) is 5.75 Å². The van der Waals surface area contributed by atoms with E-state index in [-0.39, 0.29) is 11.6 Å². The molecule has 0 fully saturated rings. The number of aliphatic hydroxyl groups excluding tert-OH is 1. The molecule has 1 aromatic rings. The summed E-state index contributed by atoms with van der Waals surface area (Å²) in [6.07, 6.45) is 0.101. The second-order valence-corrected chi connectivity index (χ2v) is 5.45.